The molecule has 1 N–H and O–H groups in total. The van der Waals surface area contributed by atoms with Crippen LogP contribution in [0.25, 0.3) is 0 Å². The van der Waals surface area contributed by atoms with Crippen LogP contribution in [0, 0.1) is 0 Å². The van der Waals surface area contributed by atoms with E-state index in [9.17, 15) is 9.59 Å². The molecule has 19 heavy (non-hydrogen) atoms. The lowest BCUT2D eigenvalue weighted by Crippen LogP contribution is -2.34. The zero-order valence-electron chi connectivity index (χ0n) is 9.55. The maximum Gasteiger partial charge on any atom is 0.336 e. The summed E-state index contributed by atoms with van der Waals surface area (Å²) in [4.78, 5) is 23.0. The number of nitrogens with zero attached hydrogens (tertiary/aromatic N) is 2. The van der Waals surface area contributed by atoms with Crippen molar-refractivity contribution in [3.63, 3.8) is 0 Å². The van der Waals surface area contributed by atoms with Gasteiger partial charge in [-0.15, -0.1) is 5.10 Å². The van der Waals surface area contributed by atoms with Crippen molar-refractivity contribution in [1.82, 2.24) is 15.5 Å². The molecule has 8 heteroatoms. The summed E-state index contributed by atoms with van der Waals surface area (Å²) in [6.07, 6.45) is 1.79. The number of esters is 2. The summed E-state index contributed by atoms with van der Waals surface area (Å²) in [5.41, 5.74) is 1.03. The molecule has 1 atom stereocenters. The van der Waals surface area contributed by atoms with E-state index in [0.717, 1.165) is 12.2 Å². The Hall–Kier alpha value is -1.99. The van der Waals surface area contributed by atoms with E-state index in [4.69, 9.17) is 21.1 Å². The minimum absolute atomic E-state index is 0.0489. The fourth-order valence-electron chi connectivity index (χ4n) is 1.95. The third-order valence-electron chi connectivity index (χ3n) is 2.75. The number of rotatable bonds is 0. The van der Waals surface area contributed by atoms with Crippen molar-refractivity contribution in [2.75, 3.05) is 6.54 Å². The Morgan fingerprint density at radius 3 is 2.89 bits per heavy atom. The Morgan fingerprint density at radius 1 is 1.26 bits per heavy atom. The average molecular weight is 282 g/mol. The van der Waals surface area contributed by atoms with Gasteiger partial charge in [-0.2, -0.15) is 5.10 Å². The van der Waals surface area contributed by atoms with Crippen LogP contribution in [0.5, 0.6) is 5.75 Å². The number of halogens is 1. The normalized spacial score (nSPS) is 23.3. The Morgan fingerprint density at radius 2 is 2.05 bits per heavy atom. The zero-order chi connectivity index (χ0) is 13.4. The number of hydrogen-bond acceptors (Lipinski definition) is 7. The largest absolute Gasteiger partial charge is 0.439 e. The van der Waals surface area contributed by atoms with Crippen LogP contribution in [0.2, 0.25) is 5.15 Å². The second-order valence-corrected chi connectivity index (χ2v) is 4.31. The van der Waals surface area contributed by atoms with Crippen LogP contribution in [0.1, 0.15) is 17.5 Å². The summed E-state index contributed by atoms with van der Waals surface area (Å²) in [7, 11) is 0. The highest BCUT2D eigenvalue weighted by Crippen LogP contribution is 2.36. The average Bonchev–Trinajstić information content (AvgIpc) is 2.45. The van der Waals surface area contributed by atoms with Crippen LogP contribution in [0.15, 0.2) is 12.2 Å². The van der Waals surface area contributed by atoms with Gasteiger partial charge in [0.05, 0.1) is 11.3 Å². The highest BCUT2D eigenvalue weighted by atomic mass is 35.5. The summed E-state index contributed by atoms with van der Waals surface area (Å²) >= 11 is 5.90. The van der Waals surface area contributed by atoms with Gasteiger partial charge in [-0.05, 0) is 0 Å². The molecule has 0 aliphatic carbocycles. The van der Waals surface area contributed by atoms with Gasteiger partial charge in [-0.3, -0.25) is 5.32 Å². The van der Waals surface area contributed by atoms with Crippen LogP contribution in [-0.4, -0.2) is 28.7 Å². The lowest BCUT2D eigenvalue weighted by Gasteiger charge is -2.26. The van der Waals surface area contributed by atoms with Gasteiger partial charge in [0.2, 0.25) is 0 Å². The van der Waals surface area contributed by atoms with Crippen molar-refractivity contribution < 1.29 is 19.1 Å². The fourth-order valence-corrected chi connectivity index (χ4v) is 2.13. The van der Waals surface area contributed by atoms with Crippen LogP contribution in [0.3, 0.4) is 0 Å². The number of aromatic nitrogens is 2. The summed E-state index contributed by atoms with van der Waals surface area (Å²) in [6.45, 7) is 0.568. The monoisotopic (exact) mass is 281 g/mol. The predicted molar refractivity (Wildman–Crippen MR) is 62.4 cm³/mol. The van der Waals surface area contributed by atoms with Gasteiger partial charge < -0.3 is 9.47 Å². The van der Waals surface area contributed by atoms with Crippen molar-refractivity contribution in [3.05, 3.63) is 28.6 Å². The smallest absolute Gasteiger partial charge is 0.336 e. The molecule has 2 aliphatic rings. The van der Waals surface area contributed by atoms with E-state index in [1.165, 1.54) is 0 Å². The Labute approximate surface area is 112 Å². The molecule has 1 unspecified atom stereocenters. The third-order valence-corrected chi connectivity index (χ3v) is 2.99. The number of nitrogens with one attached hydrogen (secondary N) is 1. The first-order valence-corrected chi connectivity index (χ1v) is 5.92. The highest BCUT2D eigenvalue weighted by Gasteiger charge is 2.31. The Balaban J connectivity index is 2.18. The van der Waals surface area contributed by atoms with E-state index in [1.807, 2.05) is 0 Å². The van der Waals surface area contributed by atoms with Crippen LogP contribution >= 0.6 is 11.6 Å². The maximum atomic E-state index is 11.5. The maximum absolute atomic E-state index is 11.5. The van der Waals surface area contributed by atoms with Crippen LogP contribution in [0.4, 0.5) is 0 Å². The molecule has 0 fully saturated rings. The minimum Gasteiger partial charge on any atom is -0.439 e. The Kier molecular flexibility index (Phi) is 2.92. The second kappa shape index (κ2) is 4.60. The van der Waals surface area contributed by atoms with Gasteiger partial charge in [0.15, 0.2) is 17.1 Å². The van der Waals surface area contributed by atoms with Gasteiger partial charge in [0, 0.05) is 25.1 Å². The Bertz CT molecular complexity index is 602. The lowest BCUT2D eigenvalue weighted by molar-refractivity contribution is -0.145. The van der Waals surface area contributed by atoms with Crippen molar-refractivity contribution in [2.45, 2.75) is 12.6 Å². The summed E-state index contributed by atoms with van der Waals surface area (Å²) in [5.74, 6) is -1.29. The molecule has 7 nitrogen and oxygen atoms in total. The molecule has 98 valence electrons. The lowest BCUT2D eigenvalue weighted by atomic mass is 10.1. The molecule has 0 bridgehead atoms. The SMILES string of the molecule is O=C1/C=C\C(=O)OC2NCCc3nnc(Cl)c(c32)O1. The van der Waals surface area contributed by atoms with E-state index in [1.54, 1.807) is 0 Å². The first-order valence-electron chi connectivity index (χ1n) is 5.54. The number of carbonyl (C=O) groups excluding carboxylic acids is 2. The van der Waals surface area contributed by atoms with Crippen molar-refractivity contribution in [3.8, 4) is 5.75 Å². The standard InChI is InChI=1S/C11H8ClN3O4/c12-10-9-8-5(14-15-10)3-4-13-11(8)19-7(17)2-1-6(16)18-9/h1-2,11,13H,3-4H2/b2-1-. The molecule has 3 heterocycles. The summed E-state index contributed by atoms with van der Waals surface area (Å²) < 4.78 is 10.3. The van der Waals surface area contributed by atoms with E-state index < -0.39 is 18.2 Å². The molecule has 0 aromatic carbocycles. The molecule has 0 spiro atoms. The second-order valence-electron chi connectivity index (χ2n) is 3.96. The first kappa shape index (κ1) is 12.1. The van der Waals surface area contributed by atoms with Gasteiger partial charge >= 0.3 is 11.9 Å². The van der Waals surface area contributed by atoms with E-state index in [-0.39, 0.29) is 10.9 Å². The highest BCUT2D eigenvalue weighted by molar-refractivity contribution is 6.31. The molecule has 2 aliphatic heterocycles. The predicted octanol–water partition coefficient (Wildman–Crippen LogP) is 0.293. The molecule has 0 saturated heterocycles. The van der Waals surface area contributed by atoms with Crippen molar-refractivity contribution in [1.29, 1.82) is 0 Å². The summed E-state index contributed by atoms with van der Waals surface area (Å²) in [6, 6.07) is 0. The zero-order valence-corrected chi connectivity index (χ0v) is 10.3. The van der Waals surface area contributed by atoms with Gasteiger partial charge in [0.1, 0.15) is 0 Å². The number of carbonyl (C=O) groups is 2. The molecular weight excluding hydrogens is 274 g/mol. The fraction of sp³-hybridized carbons (Fsp3) is 0.273. The molecule has 1 aromatic rings. The van der Waals surface area contributed by atoms with Crippen molar-refractivity contribution in [2.24, 2.45) is 0 Å². The van der Waals surface area contributed by atoms with Gasteiger partial charge in [-0.1, -0.05) is 11.6 Å². The molecular formula is C11H8ClN3O4. The van der Waals surface area contributed by atoms with Crippen molar-refractivity contribution >= 4 is 23.5 Å². The molecule has 0 radical (unpaired) electrons. The molecule has 0 saturated carbocycles. The van der Waals surface area contributed by atoms with E-state index in [2.05, 4.69) is 15.5 Å². The molecule has 0 amide bonds. The van der Waals surface area contributed by atoms with Crippen LogP contribution < -0.4 is 10.1 Å². The number of ether oxygens (including phenoxy) is 2. The number of hydrogen-bond donors (Lipinski definition) is 1. The quantitative estimate of drug-likeness (QED) is 0.684. The molecule has 1 aromatic heterocycles. The third kappa shape index (κ3) is 2.18. The first-order chi connectivity index (χ1) is 9.15. The minimum atomic E-state index is -0.755. The summed E-state index contributed by atoms with van der Waals surface area (Å²) in [5, 5.41) is 10.6. The van der Waals surface area contributed by atoms with Crippen LogP contribution in [-0.2, 0) is 20.7 Å². The topological polar surface area (TPSA) is 90.4 Å². The molecule has 3 rings (SSSR count). The van der Waals surface area contributed by atoms with Gasteiger partial charge in [-0.25, -0.2) is 9.59 Å². The van der Waals surface area contributed by atoms with Gasteiger partial charge in [0.25, 0.3) is 0 Å². The van der Waals surface area contributed by atoms with E-state index in [0.29, 0.717) is 24.2 Å². The van der Waals surface area contributed by atoms with E-state index >= 15 is 0 Å².